The molecule has 2 aromatic carbocycles. The molecule has 0 aliphatic carbocycles. The summed E-state index contributed by atoms with van der Waals surface area (Å²) in [5, 5.41) is 9.18. The Morgan fingerprint density at radius 2 is 1.27 bits per heavy atom. The molecule has 41 heavy (non-hydrogen) atoms. The molecule has 5 atom stereocenters. The third-order valence-corrected chi connectivity index (χ3v) is 13.2. The van der Waals surface area contributed by atoms with Crippen LogP contribution in [0.4, 0.5) is 27.2 Å². The number of carbonyl (C=O) groups is 3. The Hall–Kier alpha value is -1.74. The van der Waals surface area contributed by atoms with Crippen molar-refractivity contribution >= 4 is 66.3 Å². The van der Waals surface area contributed by atoms with Gasteiger partial charge in [0.2, 0.25) is 0 Å². The monoisotopic (exact) mass is 978 g/mol. The Morgan fingerprint density at radius 3 is 1.71 bits per heavy atom. The number of halogens is 4. The standard InChI is InChI=1S/C7H9F2O4.C7H7F2O4.2C6H5.CH4.2Bi.2H/c2*1-2-4-5(12-3-10)7(8,9)6(11)13-4;2*1-2-4-6-5-3-1;;;;;/h4-6,11H,2H2,1H3;4-5H,2H2,1H3;2*1-5H;1H4;;;;/t4-,5+,6?;4-,5+;;;;;;;/m11......./s1. The molecule has 2 aromatic rings. The normalized spacial score (nSPS) is 25.6. The van der Waals surface area contributed by atoms with Crippen molar-refractivity contribution in [2.45, 2.75) is 76.7 Å². The van der Waals surface area contributed by atoms with E-state index in [1.807, 2.05) is 12.1 Å². The molecule has 0 radical (unpaired) electrons. The topological polar surface area (TPSA) is 108 Å². The molecule has 0 spiro atoms. The third-order valence-electron chi connectivity index (χ3n) is 5.89. The van der Waals surface area contributed by atoms with Crippen LogP contribution in [-0.2, 0) is 23.7 Å². The number of rotatable bonds is 8. The van der Waals surface area contributed by atoms with E-state index < -0.39 is 102 Å². The van der Waals surface area contributed by atoms with Crippen LogP contribution in [0.3, 0.4) is 0 Å². The quantitative estimate of drug-likeness (QED) is 0.187. The molecule has 2 heterocycles. The zero-order valence-corrected chi connectivity index (χ0v) is 29.2. The summed E-state index contributed by atoms with van der Waals surface area (Å²) in [6.07, 6.45) is -7.34. The molecular formula is C27H32Bi2F4O8. The molecule has 14 heteroatoms. The van der Waals surface area contributed by atoms with Gasteiger partial charge in [-0.1, -0.05) is 7.43 Å². The first kappa shape index (κ1) is 35.5. The molecule has 4 rings (SSSR count). The summed E-state index contributed by atoms with van der Waals surface area (Å²) >= 11 is -4.01. The van der Waals surface area contributed by atoms with Crippen molar-refractivity contribution in [2.24, 2.45) is 0 Å². The predicted octanol–water partition coefficient (Wildman–Crippen LogP) is 2.88. The molecule has 226 valence electrons. The Bertz CT molecular complexity index is 1160. The minimum atomic E-state index is -3.75. The van der Waals surface area contributed by atoms with Gasteiger partial charge in [0, 0.05) is 0 Å². The van der Waals surface area contributed by atoms with Gasteiger partial charge >= 0.3 is 252 Å². The second-order valence-corrected chi connectivity index (χ2v) is 18.3. The minimum absolute atomic E-state index is 0. The van der Waals surface area contributed by atoms with Crippen LogP contribution in [0.1, 0.15) is 34.1 Å². The van der Waals surface area contributed by atoms with Crippen molar-refractivity contribution in [3.63, 3.8) is 0 Å². The number of aliphatic hydroxyl groups is 1. The average Bonchev–Trinajstić information content (AvgIpc) is 3.27. The number of hydrogen-bond acceptors (Lipinski definition) is 8. The van der Waals surface area contributed by atoms with Crippen LogP contribution in [0, 0.1) is 0 Å². The van der Waals surface area contributed by atoms with Gasteiger partial charge in [-0.2, -0.15) is 0 Å². The van der Waals surface area contributed by atoms with Crippen molar-refractivity contribution in [2.75, 3.05) is 0 Å². The summed E-state index contributed by atoms with van der Waals surface area (Å²) in [6.45, 7) is 3.23. The van der Waals surface area contributed by atoms with Crippen molar-refractivity contribution in [3.8, 4) is 0 Å². The number of hydrogen-bond donors (Lipinski definition) is 1. The van der Waals surface area contributed by atoms with Crippen LogP contribution in [0.15, 0.2) is 60.7 Å². The fourth-order valence-electron chi connectivity index (χ4n) is 3.82. The van der Waals surface area contributed by atoms with Gasteiger partial charge in [-0.15, -0.1) is 0 Å². The maximum absolute atomic E-state index is 13.7. The van der Waals surface area contributed by atoms with Crippen molar-refractivity contribution in [1.29, 1.82) is 0 Å². The average molecular weight is 978 g/mol. The predicted molar refractivity (Wildman–Crippen MR) is 145 cm³/mol. The molecule has 0 amide bonds. The summed E-state index contributed by atoms with van der Waals surface area (Å²) < 4.78 is 74.2. The Morgan fingerprint density at radius 1 is 0.829 bits per heavy atom. The first-order valence-corrected chi connectivity index (χ1v) is 20.0. The zero-order chi connectivity index (χ0) is 29.5. The van der Waals surface area contributed by atoms with Gasteiger partial charge in [0.15, 0.2) is 0 Å². The van der Waals surface area contributed by atoms with E-state index in [9.17, 15) is 37.1 Å². The number of cyclic esters (lactones) is 1. The molecule has 1 unspecified atom stereocenters. The van der Waals surface area contributed by atoms with Crippen LogP contribution in [0.2, 0.25) is 0 Å². The van der Waals surface area contributed by atoms with Gasteiger partial charge in [-0.25, -0.2) is 0 Å². The van der Waals surface area contributed by atoms with Gasteiger partial charge in [0.05, 0.1) is 0 Å². The molecule has 0 saturated carbocycles. The second kappa shape index (κ2) is 15.6. The fraction of sp³-hybridized carbons (Fsp3) is 0.444. The van der Waals surface area contributed by atoms with E-state index in [4.69, 9.17) is 14.2 Å². The van der Waals surface area contributed by atoms with Crippen LogP contribution in [0.5, 0.6) is 0 Å². The van der Waals surface area contributed by atoms with Gasteiger partial charge in [-0.3, -0.25) is 0 Å². The third kappa shape index (κ3) is 9.12. The van der Waals surface area contributed by atoms with E-state index >= 15 is 0 Å². The molecule has 0 aromatic heterocycles. The maximum atomic E-state index is 13.7. The molecule has 8 nitrogen and oxygen atoms in total. The van der Waals surface area contributed by atoms with E-state index in [1.165, 1.54) is 0 Å². The van der Waals surface area contributed by atoms with E-state index in [0.29, 0.717) is 0 Å². The van der Waals surface area contributed by atoms with E-state index in [1.54, 1.807) is 62.4 Å². The molecule has 2 aliphatic heterocycles. The molecule has 2 aliphatic rings. The Kier molecular flexibility index (Phi) is 13.5. The van der Waals surface area contributed by atoms with Gasteiger partial charge in [0.25, 0.3) is 0 Å². The summed E-state index contributed by atoms with van der Waals surface area (Å²) in [5.74, 6) is -8.93. The molecule has 0 bridgehead atoms. The van der Waals surface area contributed by atoms with Gasteiger partial charge < -0.3 is 0 Å². The summed E-state index contributed by atoms with van der Waals surface area (Å²) in [4.78, 5) is 34.7. The van der Waals surface area contributed by atoms with Crippen molar-refractivity contribution < 1.29 is 56.0 Å². The number of carbonyl (C=O) groups excluding carboxylic acids is 3. The molecule has 2 fully saturated rings. The van der Waals surface area contributed by atoms with E-state index in [-0.39, 0.29) is 20.3 Å². The summed E-state index contributed by atoms with van der Waals surface area (Å²) in [6, 6.07) is 17.9. The first-order chi connectivity index (χ1) is 18.9. The van der Waals surface area contributed by atoms with Crippen LogP contribution in [-0.4, -0.2) is 107 Å². The number of benzene rings is 2. The zero-order valence-electron chi connectivity index (χ0n) is 21.4. The summed E-state index contributed by atoms with van der Waals surface area (Å²) in [5.41, 5.74) is 0. The Labute approximate surface area is 258 Å². The molecule has 2 saturated heterocycles. The van der Waals surface area contributed by atoms with Crippen LogP contribution >= 0.6 is 0 Å². The SMILES string of the molecule is C.CC[C@H]1OC(=O)C(F)(F)[C@H]1O[C](=O)[BiH][c]1ccccc1.CC[C@H]1OC(O)C(F)(F)[C@H]1O[C](=O)[BiH][c]1ccccc1. The Balaban J connectivity index is 0.000000280. The number of ether oxygens (including phenoxy) is 4. The van der Waals surface area contributed by atoms with Gasteiger partial charge in [0.1, 0.15) is 0 Å². The van der Waals surface area contributed by atoms with Crippen LogP contribution < -0.4 is 6.54 Å². The van der Waals surface area contributed by atoms with Crippen LogP contribution in [0.25, 0.3) is 0 Å². The molecular weight excluding hydrogens is 946 g/mol. The van der Waals surface area contributed by atoms with E-state index in [2.05, 4.69) is 4.74 Å². The number of aliphatic hydroxyl groups excluding tert-OH is 1. The second-order valence-electron chi connectivity index (χ2n) is 8.72. The first-order valence-electron chi connectivity index (χ1n) is 12.3. The number of esters is 1. The fourth-order valence-corrected chi connectivity index (χ4v) is 9.89. The molecule has 1 N–H and O–H groups in total. The van der Waals surface area contributed by atoms with Crippen molar-refractivity contribution in [3.05, 3.63) is 60.7 Å². The van der Waals surface area contributed by atoms with Gasteiger partial charge in [-0.05, 0) is 0 Å². The van der Waals surface area contributed by atoms with Crippen molar-refractivity contribution in [1.82, 2.24) is 0 Å². The number of alkyl halides is 4. The summed E-state index contributed by atoms with van der Waals surface area (Å²) in [7, 11) is 0. The van der Waals surface area contributed by atoms with E-state index in [0.717, 1.165) is 6.54 Å².